The number of nitrogens with zero attached hydrogens (tertiary/aromatic N) is 2. The van der Waals surface area contributed by atoms with Crippen LogP contribution >= 0.6 is 22.7 Å². The number of hydrogen-bond donors (Lipinski definition) is 0. The highest BCUT2D eigenvalue weighted by atomic mass is 32.1. The molecule has 0 radical (unpaired) electrons. The quantitative estimate of drug-likeness (QED) is 0.776. The lowest BCUT2D eigenvalue weighted by atomic mass is 10.2. The van der Waals surface area contributed by atoms with Crippen molar-refractivity contribution >= 4 is 34.6 Å². The van der Waals surface area contributed by atoms with Crippen LogP contribution in [0.2, 0.25) is 0 Å². The van der Waals surface area contributed by atoms with Gasteiger partial charge in [-0.3, -0.25) is 4.79 Å². The van der Waals surface area contributed by atoms with Crippen LogP contribution in [-0.4, -0.2) is 41.5 Å². The number of thiophene rings is 1. The van der Waals surface area contributed by atoms with Crippen LogP contribution in [0.1, 0.15) is 41.0 Å². The fourth-order valence-corrected chi connectivity index (χ4v) is 4.37. The number of carbonyl (C=O) groups excluding carboxylic acids is 2. The Kier molecular flexibility index (Phi) is 5.63. The average Bonchev–Trinajstić information content (AvgIpc) is 3.15. The summed E-state index contributed by atoms with van der Waals surface area (Å²) in [4.78, 5) is 31.2. The lowest BCUT2D eigenvalue weighted by molar-refractivity contribution is -0.134. The Morgan fingerprint density at radius 2 is 2.00 bits per heavy atom. The van der Waals surface area contributed by atoms with E-state index >= 15 is 0 Å². The molecule has 2 aromatic heterocycles. The van der Waals surface area contributed by atoms with Gasteiger partial charge in [-0.05, 0) is 31.2 Å². The van der Waals surface area contributed by atoms with Crippen molar-refractivity contribution in [2.75, 3.05) is 19.7 Å². The Balaban J connectivity index is 1.60. The summed E-state index contributed by atoms with van der Waals surface area (Å²) in [7, 11) is 0. The maximum Gasteiger partial charge on any atom is 0.350 e. The van der Waals surface area contributed by atoms with E-state index in [0.29, 0.717) is 10.6 Å². The Hall–Kier alpha value is -1.73. The molecule has 0 aliphatic carbocycles. The van der Waals surface area contributed by atoms with E-state index in [-0.39, 0.29) is 12.5 Å². The van der Waals surface area contributed by atoms with Gasteiger partial charge in [0.1, 0.15) is 9.88 Å². The van der Waals surface area contributed by atoms with Crippen LogP contribution in [0.25, 0.3) is 10.6 Å². The molecule has 0 saturated carbocycles. The van der Waals surface area contributed by atoms with Crippen LogP contribution in [0.15, 0.2) is 16.8 Å². The van der Waals surface area contributed by atoms with Gasteiger partial charge in [0.2, 0.25) is 0 Å². The van der Waals surface area contributed by atoms with Crippen molar-refractivity contribution in [3.8, 4) is 10.6 Å². The second kappa shape index (κ2) is 7.90. The van der Waals surface area contributed by atoms with Crippen molar-refractivity contribution in [2.24, 2.45) is 0 Å². The molecule has 0 spiro atoms. The number of amides is 1. The van der Waals surface area contributed by atoms with Crippen molar-refractivity contribution in [2.45, 2.75) is 32.6 Å². The van der Waals surface area contributed by atoms with Crippen LogP contribution in [0, 0.1) is 6.92 Å². The molecule has 24 heavy (non-hydrogen) atoms. The summed E-state index contributed by atoms with van der Waals surface area (Å²) in [6.07, 6.45) is 4.37. The first-order valence-corrected chi connectivity index (χ1v) is 9.86. The fourth-order valence-electron chi connectivity index (χ4n) is 2.70. The highest BCUT2D eigenvalue weighted by molar-refractivity contribution is 7.17. The van der Waals surface area contributed by atoms with Crippen LogP contribution < -0.4 is 0 Å². The summed E-state index contributed by atoms with van der Waals surface area (Å²) < 4.78 is 5.24. The molecule has 0 atom stereocenters. The summed E-state index contributed by atoms with van der Waals surface area (Å²) in [6.45, 7) is 3.13. The predicted molar refractivity (Wildman–Crippen MR) is 95.5 cm³/mol. The van der Waals surface area contributed by atoms with E-state index in [1.807, 2.05) is 16.8 Å². The zero-order valence-corrected chi connectivity index (χ0v) is 15.3. The standard InChI is InChI=1S/C17H20N2O3S2/c1-12-15(24-16(18-12)13-6-9-23-11-13)17(21)22-10-14(20)19-7-4-2-3-5-8-19/h6,9,11H,2-5,7-8,10H2,1H3. The molecular weight excluding hydrogens is 344 g/mol. The van der Waals surface area contributed by atoms with Gasteiger partial charge >= 0.3 is 5.97 Å². The number of carbonyl (C=O) groups is 2. The summed E-state index contributed by atoms with van der Waals surface area (Å²) in [5, 5.41) is 4.78. The number of aryl methyl sites for hydroxylation is 1. The molecule has 2 aromatic rings. The summed E-state index contributed by atoms with van der Waals surface area (Å²) >= 11 is 2.90. The molecule has 3 rings (SSSR count). The van der Waals surface area contributed by atoms with Gasteiger partial charge < -0.3 is 9.64 Å². The summed E-state index contributed by atoms with van der Waals surface area (Å²) in [6, 6.07) is 1.97. The van der Waals surface area contributed by atoms with Crippen molar-refractivity contribution in [1.82, 2.24) is 9.88 Å². The number of aromatic nitrogens is 1. The maximum atomic E-state index is 12.3. The lowest BCUT2D eigenvalue weighted by Gasteiger charge is -2.19. The zero-order valence-electron chi connectivity index (χ0n) is 13.6. The molecule has 1 fully saturated rings. The first-order chi connectivity index (χ1) is 11.6. The Morgan fingerprint density at radius 1 is 1.25 bits per heavy atom. The molecule has 3 heterocycles. The fraction of sp³-hybridized carbons (Fsp3) is 0.471. The third-order valence-corrected chi connectivity index (χ3v) is 5.91. The molecule has 0 aromatic carbocycles. The van der Waals surface area contributed by atoms with Crippen molar-refractivity contribution in [3.05, 3.63) is 27.4 Å². The highest BCUT2D eigenvalue weighted by Gasteiger charge is 2.21. The zero-order chi connectivity index (χ0) is 16.9. The third-order valence-electron chi connectivity index (χ3n) is 4.04. The van der Waals surface area contributed by atoms with Crippen LogP contribution in [-0.2, 0) is 9.53 Å². The monoisotopic (exact) mass is 364 g/mol. The Bertz CT molecular complexity index is 701. The topological polar surface area (TPSA) is 59.5 Å². The van der Waals surface area contributed by atoms with Crippen molar-refractivity contribution < 1.29 is 14.3 Å². The molecule has 0 bridgehead atoms. The van der Waals surface area contributed by atoms with Gasteiger partial charge in [0.15, 0.2) is 6.61 Å². The molecule has 7 heteroatoms. The first-order valence-electron chi connectivity index (χ1n) is 8.10. The van der Waals surface area contributed by atoms with Gasteiger partial charge in [-0.1, -0.05) is 12.8 Å². The number of likely N-dealkylation sites (tertiary alicyclic amines) is 1. The number of ether oxygens (including phenoxy) is 1. The van der Waals surface area contributed by atoms with Gasteiger partial charge in [-0.25, -0.2) is 9.78 Å². The molecule has 1 aliphatic heterocycles. The number of rotatable bonds is 4. The second-order valence-electron chi connectivity index (χ2n) is 5.82. The first kappa shape index (κ1) is 17.1. The van der Waals surface area contributed by atoms with Crippen molar-refractivity contribution in [1.29, 1.82) is 0 Å². The molecule has 0 unspecified atom stereocenters. The van der Waals surface area contributed by atoms with E-state index in [1.54, 1.807) is 23.2 Å². The minimum absolute atomic E-state index is 0.106. The molecule has 0 N–H and O–H groups in total. The van der Waals surface area contributed by atoms with Gasteiger partial charge in [0.05, 0.1) is 5.69 Å². The highest BCUT2D eigenvalue weighted by Crippen LogP contribution is 2.29. The van der Waals surface area contributed by atoms with Crippen LogP contribution in [0.5, 0.6) is 0 Å². The van der Waals surface area contributed by atoms with E-state index in [4.69, 9.17) is 4.74 Å². The van der Waals surface area contributed by atoms with E-state index in [0.717, 1.165) is 49.3 Å². The molecule has 5 nitrogen and oxygen atoms in total. The number of thiazole rings is 1. The molecule has 1 amide bonds. The lowest BCUT2D eigenvalue weighted by Crippen LogP contribution is -2.35. The SMILES string of the molecule is Cc1nc(-c2ccsc2)sc1C(=O)OCC(=O)N1CCCCCC1. The minimum atomic E-state index is -0.463. The smallest absolute Gasteiger partial charge is 0.350 e. The molecule has 1 saturated heterocycles. The normalized spacial score (nSPS) is 15.1. The van der Waals surface area contributed by atoms with E-state index in [2.05, 4.69) is 4.98 Å². The van der Waals surface area contributed by atoms with E-state index in [9.17, 15) is 9.59 Å². The minimum Gasteiger partial charge on any atom is -0.451 e. The Morgan fingerprint density at radius 3 is 2.67 bits per heavy atom. The van der Waals surface area contributed by atoms with Gasteiger partial charge in [0.25, 0.3) is 5.91 Å². The van der Waals surface area contributed by atoms with Crippen LogP contribution in [0.4, 0.5) is 0 Å². The average molecular weight is 364 g/mol. The maximum absolute atomic E-state index is 12.3. The molecule has 1 aliphatic rings. The van der Waals surface area contributed by atoms with Gasteiger partial charge in [-0.15, -0.1) is 11.3 Å². The number of hydrogen-bond acceptors (Lipinski definition) is 6. The van der Waals surface area contributed by atoms with Gasteiger partial charge in [-0.2, -0.15) is 11.3 Å². The largest absolute Gasteiger partial charge is 0.451 e. The van der Waals surface area contributed by atoms with E-state index in [1.165, 1.54) is 11.3 Å². The second-order valence-corrected chi connectivity index (χ2v) is 7.60. The van der Waals surface area contributed by atoms with Crippen molar-refractivity contribution in [3.63, 3.8) is 0 Å². The molecular formula is C17H20N2O3S2. The molecule has 128 valence electrons. The summed E-state index contributed by atoms with van der Waals surface area (Å²) in [5.41, 5.74) is 1.65. The van der Waals surface area contributed by atoms with E-state index < -0.39 is 5.97 Å². The Labute approximate surface area is 149 Å². The number of esters is 1. The van der Waals surface area contributed by atoms with Crippen LogP contribution in [0.3, 0.4) is 0 Å². The third kappa shape index (κ3) is 4.02. The summed E-state index contributed by atoms with van der Waals surface area (Å²) in [5.74, 6) is -0.569. The predicted octanol–water partition coefficient (Wildman–Crippen LogP) is 3.74. The van der Waals surface area contributed by atoms with Gasteiger partial charge in [0, 0.05) is 24.0 Å².